The van der Waals surface area contributed by atoms with Crippen molar-refractivity contribution in [2.75, 3.05) is 18.4 Å². The number of hydrogen-bond acceptors (Lipinski definition) is 4. The molecule has 2 aromatic carbocycles. The molecule has 0 spiro atoms. The third-order valence-electron chi connectivity index (χ3n) is 5.78. The van der Waals surface area contributed by atoms with E-state index in [2.05, 4.69) is 10.3 Å². The molecule has 1 N–H and O–H groups in total. The molecule has 1 fully saturated rings. The van der Waals surface area contributed by atoms with Crippen LogP contribution in [0.25, 0.3) is 0 Å². The average Bonchev–Trinajstić information content (AvgIpc) is 3.40. The van der Waals surface area contributed by atoms with Gasteiger partial charge in [0.15, 0.2) is 5.03 Å². The molecular formula is C22H20F6N4O2S. The summed E-state index contributed by atoms with van der Waals surface area (Å²) in [5, 5.41) is 2.66. The van der Waals surface area contributed by atoms with E-state index in [1.54, 1.807) is 37.4 Å². The van der Waals surface area contributed by atoms with Crippen LogP contribution in [-0.4, -0.2) is 41.4 Å². The molecule has 0 amide bonds. The topological polar surface area (TPSA) is 67.2 Å². The van der Waals surface area contributed by atoms with Crippen molar-refractivity contribution < 1.29 is 34.8 Å². The normalized spacial score (nSPS) is 19.7. The maximum Gasteiger partial charge on any atom is 0.417 e. The highest BCUT2D eigenvalue weighted by atomic mass is 32.2. The second kappa shape index (κ2) is 8.86. The molecule has 4 rings (SSSR count). The van der Waals surface area contributed by atoms with Crippen molar-refractivity contribution in [1.29, 1.82) is 0 Å². The number of imidazole rings is 1. The van der Waals surface area contributed by atoms with Gasteiger partial charge in [0, 0.05) is 44.0 Å². The fourth-order valence-corrected chi connectivity index (χ4v) is 5.59. The Bertz CT molecular complexity index is 1310. The zero-order valence-corrected chi connectivity index (χ0v) is 19.0. The summed E-state index contributed by atoms with van der Waals surface area (Å²) >= 11 is 0. The second-order valence-electron chi connectivity index (χ2n) is 8.22. The van der Waals surface area contributed by atoms with E-state index in [-0.39, 0.29) is 23.8 Å². The molecule has 1 saturated heterocycles. The van der Waals surface area contributed by atoms with Crippen molar-refractivity contribution in [3.8, 4) is 0 Å². The van der Waals surface area contributed by atoms with Crippen LogP contribution < -0.4 is 5.32 Å². The molecule has 2 heterocycles. The van der Waals surface area contributed by atoms with Crippen LogP contribution in [0.15, 0.2) is 66.1 Å². The van der Waals surface area contributed by atoms with Gasteiger partial charge in [0.05, 0.1) is 17.5 Å². The smallest absolute Gasteiger partial charge is 0.380 e. The molecular weight excluding hydrogens is 498 g/mol. The first-order valence-electron chi connectivity index (χ1n) is 10.3. The molecule has 0 saturated carbocycles. The van der Waals surface area contributed by atoms with Gasteiger partial charge in [0.1, 0.15) is 0 Å². The summed E-state index contributed by atoms with van der Waals surface area (Å²) < 4.78 is 108. The molecule has 1 aliphatic rings. The van der Waals surface area contributed by atoms with E-state index < -0.39 is 45.5 Å². The van der Waals surface area contributed by atoms with E-state index in [1.165, 1.54) is 21.4 Å². The number of rotatable bonds is 5. The van der Waals surface area contributed by atoms with Crippen LogP contribution in [0, 0.1) is 0 Å². The number of benzene rings is 2. The van der Waals surface area contributed by atoms with Crippen molar-refractivity contribution in [1.82, 2.24) is 13.9 Å². The summed E-state index contributed by atoms with van der Waals surface area (Å²) in [7, 11) is -2.40. The fourth-order valence-electron chi connectivity index (χ4n) is 4.13. The zero-order valence-electron chi connectivity index (χ0n) is 18.2. The second-order valence-corrected chi connectivity index (χ2v) is 10.1. The number of nitrogens with zero attached hydrogens (tertiary/aromatic N) is 3. The van der Waals surface area contributed by atoms with Gasteiger partial charge < -0.3 is 9.88 Å². The van der Waals surface area contributed by atoms with Crippen molar-refractivity contribution >= 4 is 15.7 Å². The van der Waals surface area contributed by atoms with Gasteiger partial charge in [0.25, 0.3) is 10.0 Å². The molecule has 0 aliphatic carbocycles. The minimum absolute atomic E-state index is 0.00729. The number of hydrogen-bond donors (Lipinski definition) is 1. The minimum atomic E-state index is -5.23. The van der Waals surface area contributed by atoms with Gasteiger partial charge in [-0.3, -0.25) is 0 Å². The van der Waals surface area contributed by atoms with Gasteiger partial charge in [-0.1, -0.05) is 30.3 Å². The van der Waals surface area contributed by atoms with Gasteiger partial charge in [-0.2, -0.15) is 30.6 Å². The average molecular weight is 518 g/mol. The van der Waals surface area contributed by atoms with E-state index in [9.17, 15) is 34.8 Å². The number of sulfonamides is 1. The predicted octanol–water partition coefficient (Wildman–Crippen LogP) is 4.73. The van der Waals surface area contributed by atoms with Crippen molar-refractivity contribution in [2.45, 2.75) is 29.3 Å². The Morgan fingerprint density at radius 1 is 0.943 bits per heavy atom. The van der Waals surface area contributed by atoms with Crippen LogP contribution in [0.2, 0.25) is 0 Å². The Hall–Kier alpha value is -3.06. The highest BCUT2D eigenvalue weighted by Gasteiger charge is 2.44. The highest BCUT2D eigenvalue weighted by Crippen LogP contribution is 2.42. The number of nitrogens with one attached hydrogen (secondary N) is 1. The molecule has 1 aromatic heterocycles. The number of aryl methyl sites for hydroxylation is 1. The fraction of sp³-hybridized carbons (Fsp3) is 0.318. The largest absolute Gasteiger partial charge is 0.417 e. The molecule has 35 heavy (non-hydrogen) atoms. The van der Waals surface area contributed by atoms with Crippen molar-refractivity contribution in [3.63, 3.8) is 0 Å². The van der Waals surface area contributed by atoms with Gasteiger partial charge >= 0.3 is 12.4 Å². The Labute approximate surface area is 197 Å². The molecule has 0 bridgehead atoms. The van der Waals surface area contributed by atoms with Crippen molar-refractivity contribution in [2.24, 2.45) is 7.05 Å². The third-order valence-corrected chi connectivity index (χ3v) is 7.50. The van der Waals surface area contributed by atoms with Crippen LogP contribution in [0.4, 0.5) is 32.0 Å². The quantitative estimate of drug-likeness (QED) is 0.497. The van der Waals surface area contributed by atoms with E-state index in [0.29, 0.717) is 12.1 Å². The van der Waals surface area contributed by atoms with Crippen LogP contribution in [-0.2, 0) is 29.4 Å². The summed E-state index contributed by atoms with van der Waals surface area (Å²) in [6, 6.07) is 9.72. The molecule has 188 valence electrons. The molecule has 6 nitrogen and oxygen atoms in total. The minimum Gasteiger partial charge on any atom is -0.380 e. The SMILES string of the molecule is Cn1cnc(S(=O)(=O)N2CC(Nc3ccc(C(F)(F)F)c(C(F)(F)F)c3)C(c3ccccc3)C2)c1. The summed E-state index contributed by atoms with van der Waals surface area (Å²) in [6.07, 6.45) is -7.75. The lowest BCUT2D eigenvalue weighted by molar-refractivity contribution is -0.162. The Kier molecular flexibility index (Phi) is 6.34. The molecule has 3 aromatic rings. The van der Waals surface area contributed by atoms with E-state index in [4.69, 9.17) is 0 Å². The Morgan fingerprint density at radius 2 is 1.60 bits per heavy atom. The van der Waals surface area contributed by atoms with Crippen LogP contribution in [0.1, 0.15) is 22.6 Å². The third kappa shape index (κ3) is 5.15. The molecule has 0 radical (unpaired) electrons. The zero-order chi connectivity index (χ0) is 25.6. The molecule has 2 unspecified atom stereocenters. The van der Waals surface area contributed by atoms with Crippen LogP contribution in [0.5, 0.6) is 0 Å². The van der Waals surface area contributed by atoms with Gasteiger partial charge in [0.2, 0.25) is 0 Å². The lowest BCUT2D eigenvalue weighted by Gasteiger charge is -2.23. The van der Waals surface area contributed by atoms with Crippen molar-refractivity contribution in [3.05, 3.63) is 77.7 Å². The Morgan fingerprint density at radius 3 is 2.17 bits per heavy atom. The summed E-state index contributed by atoms with van der Waals surface area (Å²) in [5.41, 5.74) is -3.08. The number of halogens is 6. The number of alkyl halides is 6. The molecule has 13 heteroatoms. The first kappa shape index (κ1) is 25.0. The summed E-state index contributed by atoms with van der Waals surface area (Å²) in [4.78, 5) is 3.89. The maximum absolute atomic E-state index is 13.4. The molecule has 1 aliphatic heterocycles. The van der Waals surface area contributed by atoms with E-state index in [1.807, 2.05) is 0 Å². The molecule has 2 atom stereocenters. The monoisotopic (exact) mass is 518 g/mol. The van der Waals surface area contributed by atoms with Crippen LogP contribution >= 0.6 is 0 Å². The summed E-state index contributed by atoms with van der Waals surface area (Å²) in [5.74, 6) is -0.480. The predicted molar refractivity (Wildman–Crippen MR) is 115 cm³/mol. The summed E-state index contributed by atoms with van der Waals surface area (Å²) in [6.45, 7) is -0.117. The van der Waals surface area contributed by atoms with Gasteiger partial charge in [-0.15, -0.1) is 0 Å². The Balaban J connectivity index is 1.69. The number of aromatic nitrogens is 2. The van der Waals surface area contributed by atoms with Gasteiger partial charge in [-0.25, -0.2) is 13.4 Å². The first-order chi connectivity index (χ1) is 16.3. The van der Waals surface area contributed by atoms with Crippen LogP contribution in [0.3, 0.4) is 0 Å². The van der Waals surface area contributed by atoms with E-state index >= 15 is 0 Å². The first-order valence-corrected chi connectivity index (χ1v) is 11.8. The number of anilines is 1. The van der Waals surface area contributed by atoms with Gasteiger partial charge in [-0.05, 0) is 23.8 Å². The highest BCUT2D eigenvalue weighted by molar-refractivity contribution is 7.89. The maximum atomic E-state index is 13.4. The lowest BCUT2D eigenvalue weighted by Crippen LogP contribution is -2.32. The lowest BCUT2D eigenvalue weighted by atomic mass is 9.94. The standard InChI is InChI=1S/C22H20F6N4O2S/c1-31-12-20(29-13-31)35(33,34)32-10-16(14-5-3-2-4-6-14)19(11-32)30-15-7-8-17(21(23,24)25)18(9-15)22(26,27)28/h2-9,12-13,16,19,30H,10-11H2,1H3. The van der Waals surface area contributed by atoms with E-state index in [0.717, 1.165) is 11.6 Å².